The summed E-state index contributed by atoms with van der Waals surface area (Å²) in [6.07, 6.45) is 4.42. The van der Waals surface area contributed by atoms with Crippen molar-refractivity contribution in [1.29, 1.82) is 0 Å². The van der Waals surface area contributed by atoms with Crippen molar-refractivity contribution in [3.63, 3.8) is 0 Å². The van der Waals surface area contributed by atoms with Crippen molar-refractivity contribution in [2.45, 2.75) is 70.7 Å². The quantitative estimate of drug-likeness (QED) is 0.788. The molecule has 26 heavy (non-hydrogen) atoms. The Kier molecular flexibility index (Phi) is 7.38. The fourth-order valence-electron chi connectivity index (χ4n) is 3.70. The molecule has 1 unspecified atom stereocenters. The highest BCUT2D eigenvalue weighted by Gasteiger charge is 2.33. The van der Waals surface area contributed by atoms with Crippen molar-refractivity contribution in [2.75, 3.05) is 19.6 Å². The lowest BCUT2D eigenvalue weighted by Gasteiger charge is -2.31. The maximum Gasteiger partial charge on any atom is 0.407 e. The van der Waals surface area contributed by atoms with E-state index in [1.807, 2.05) is 25.7 Å². The molecule has 1 atom stereocenters. The maximum atomic E-state index is 12.1. The first-order valence-corrected chi connectivity index (χ1v) is 10.4. The van der Waals surface area contributed by atoms with Crippen LogP contribution >= 0.6 is 11.8 Å². The molecule has 0 radical (unpaired) electrons. The number of alkyl carbamates (subject to hydrolysis) is 1. The van der Waals surface area contributed by atoms with Gasteiger partial charge in [0.05, 0.1) is 0 Å². The average molecular weight is 385 g/mol. The Morgan fingerprint density at radius 3 is 2.38 bits per heavy atom. The molecule has 148 valence electrons. The van der Waals surface area contributed by atoms with Crippen molar-refractivity contribution < 1.29 is 19.1 Å². The zero-order valence-corrected chi connectivity index (χ0v) is 17.2. The molecule has 6 nitrogen and oxygen atoms in total. The van der Waals surface area contributed by atoms with E-state index in [0.29, 0.717) is 31.3 Å². The van der Waals surface area contributed by atoms with Crippen LogP contribution in [0.1, 0.15) is 59.8 Å². The van der Waals surface area contributed by atoms with E-state index in [-0.39, 0.29) is 22.4 Å². The largest absolute Gasteiger partial charge is 0.444 e. The Morgan fingerprint density at radius 2 is 1.81 bits per heavy atom. The second-order valence-electron chi connectivity index (χ2n) is 8.50. The SMILES string of the molecule is CC(=O)SC1CC(=O)N(CC2CCC(CNC(=O)OC(C)(C)C)CC2)C1. The van der Waals surface area contributed by atoms with Crippen LogP contribution < -0.4 is 5.32 Å². The lowest BCUT2D eigenvalue weighted by atomic mass is 9.82. The van der Waals surface area contributed by atoms with Gasteiger partial charge in [0.25, 0.3) is 0 Å². The predicted octanol–water partition coefficient (Wildman–Crippen LogP) is 3.20. The number of rotatable bonds is 5. The third-order valence-corrected chi connectivity index (χ3v) is 5.87. The minimum atomic E-state index is -0.470. The smallest absolute Gasteiger partial charge is 0.407 e. The summed E-state index contributed by atoms with van der Waals surface area (Å²) in [6.45, 7) is 9.29. The molecule has 1 aliphatic heterocycles. The van der Waals surface area contributed by atoms with Crippen LogP contribution in [0.2, 0.25) is 0 Å². The molecule has 0 aromatic carbocycles. The Morgan fingerprint density at radius 1 is 1.19 bits per heavy atom. The van der Waals surface area contributed by atoms with Gasteiger partial charge in [0.15, 0.2) is 5.12 Å². The van der Waals surface area contributed by atoms with E-state index in [4.69, 9.17) is 4.74 Å². The molecule has 1 saturated heterocycles. The maximum absolute atomic E-state index is 12.1. The minimum Gasteiger partial charge on any atom is -0.444 e. The zero-order valence-electron chi connectivity index (χ0n) is 16.4. The van der Waals surface area contributed by atoms with E-state index in [9.17, 15) is 14.4 Å². The summed E-state index contributed by atoms with van der Waals surface area (Å²) in [4.78, 5) is 37.0. The van der Waals surface area contributed by atoms with Gasteiger partial charge in [0.2, 0.25) is 5.91 Å². The van der Waals surface area contributed by atoms with E-state index in [1.165, 1.54) is 11.8 Å². The number of amides is 2. The molecule has 1 saturated carbocycles. The van der Waals surface area contributed by atoms with Crippen LogP contribution in [0.15, 0.2) is 0 Å². The number of hydrogen-bond acceptors (Lipinski definition) is 5. The number of thioether (sulfide) groups is 1. The second-order valence-corrected chi connectivity index (χ2v) is 9.98. The van der Waals surface area contributed by atoms with Crippen LogP contribution in [0, 0.1) is 11.8 Å². The highest BCUT2D eigenvalue weighted by atomic mass is 32.2. The van der Waals surface area contributed by atoms with Crippen LogP contribution in [0.3, 0.4) is 0 Å². The molecule has 1 N–H and O–H groups in total. The number of nitrogens with zero attached hydrogens (tertiary/aromatic N) is 1. The van der Waals surface area contributed by atoms with Gasteiger partial charge in [-0.3, -0.25) is 9.59 Å². The van der Waals surface area contributed by atoms with Gasteiger partial charge in [-0.25, -0.2) is 4.79 Å². The predicted molar refractivity (Wildman–Crippen MR) is 103 cm³/mol. The van der Waals surface area contributed by atoms with Gasteiger partial charge in [-0.05, 0) is 58.3 Å². The monoisotopic (exact) mass is 384 g/mol. The van der Waals surface area contributed by atoms with Crippen molar-refractivity contribution in [1.82, 2.24) is 10.2 Å². The summed E-state index contributed by atoms with van der Waals surface area (Å²) < 4.78 is 5.27. The van der Waals surface area contributed by atoms with Gasteiger partial charge >= 0.3 is 6.09 Å². The van der Waals surface area contributed by atoms with Gasteiger partial charge in [0.1, 0.15) is 5.60 Å². The Labute approximate surface area is 160 Å². The molecule has 2 rings (SSSR count). The normalized spacial score (nSPS) is 26.7. The first kappa shape index (κ1) is 21.1. The third-order valence-electron chi connectivity index (χ3n) is 4.89. The Hall–Kier alpha value is -1.24. The summed E-state index contributed by atoms with van der Waals surface area (Å²) >= 11 is 1.29. The van der Waals surface area contributed by atoms with E-state index in [0.717, 1.165) is 32.2 Å². The second kappa shape index (κ2) is 9.11. The molecule has 0 spiro atoms. The molecule has 2 amide bonds. The average Bonchev–Trinajstić information content (AvgIpc) is 2.83. The van der Waals surface area contributed by atoms with Crippen molar-refractivity contribution in [2.24, 2.45) is 11.8 Å². The van der Waals surface area contributed by atoms with Crippen molar-refractivity contribution >= 4 is 28.9 Å². The molecule has 0 aromatic rings. The number of likely N-dealkylation sites (tertiary alicyclic amines) is 1. The molecule has 0 bridgehead atoms. The summed E-state index contributed by atoms with van der Waals surface area (Å²) in [5.74, 6) is 1.18. The summed E-state index contributed by atoms with van der Waals surface area (Å²) in [5.41, 5.74) is -0.470. The van der Waals surface area contributed by atoms with Crippen LogP contribution in [0.25, 0.3) is 0 Å². The van der Waals surface area contributed by atoms with Crippen LogP contribution in [0.4, 0.5) is 4.79 Å². The molecular formula is C19H32N2O4S. The summed E-state index contributed by atoms with van der Waals surface area (Å²) in [6, 6.07) is 0. The van der Waals surface area contributed by atoms with E-state index in [2.05, 4.69) is 5.32 Å². The molecule has 2 fully saturated rings. The van der Waals surface area contributed by atoms with Crippen molar-refractivity contribution in [3.05, 3.63) is 0 Å². The molecule has 1 aliphatic carbocycles. The Balaban J connectivity index is 1.66. The topological polar surface area (TPSA) is 75.7 Å². The standard InChI is InChI=1S/C19H32N2O4S/c1-13(22)26-16-9-17(23)21(12-16)11-15-7-5-14(6-8-15)10-20-18(24)25-19(2,3)4/h14-16H,5-12H2,1-4H3,(H,20,24). The van der Waals surface area contributed by atoms with Gasteiger partial charge in [-0.2, -0.15) is 0 Å². The van der Waals surface area contributed by atoms with E-state index in [1.54, 1.807) is 6.92 Å². The Bertz CT molecular complexity index is 524. The number of hydrogen-bond donors (Lipinski definition) is 1. The highest BCUT2D eigenvalue weighted by molar-refractivity contribution is 8.14. The van der Waals surface area contributed by atoms with Crippen LogP contribution in [-0.2, 0) is 14.3 Å². The molecule has 0 aromatic heterocycles. The lowest BCUT2D eigenvalue weighted by Crippen LogP contribution is -2.37. The summed E-state index contributed by atoms with van der Waals surface area (Å²) in [5, 5.41) is 3.07. The molecule has 7 heteroatoms. The van der Waals surface area contributed by atoms with Crippen LogP contribution in [0.5, 0.6) is 0 Å². The van der Waals surface area contributed by atoms with Gasteiger partial charge in [-0.15, -0.1) is 0 Å². The molecule has 1 heterocycles. The number of carbonyl (C=O) groups is 3. The lowest BCUT2D eigenvalue weighted by molar-refractivity contribution is -0.128. The zero-order chi connectivity index (χ0) is 19.3. The summed E-state index contributed by atoms with van der Waals surface area (Å²) in [7, 11) is 0. The van der Waals surface area contributed by atoms with Gasteiger partial charge in [-0.1, -0.05) is 11.8 Å². The molecule has 2 aliphatic rings. The molecular weight excluding hydrogens is 352 g/mol. The van der Waals surface area contributed by atoms with E-state index >= 15 is 0 Å². The fraction of sp³-hybridized carbons (Fsp3) is 0.842. The minimum absolute atomic E-state index is 0.0858. The number of nitrogens with one attached hydrogen (secondary N) is 1. The highest BCUT2D eigenvalue weighted by Crippen LogP contribution is 2.31. The van der Waals surface area contributed by atoms with E-state index < -0.39 is 5.60 Å². The first-order valence-electron chi connectivity index (χ1n) is 9.54. The fourth-order valence-corrected chi connectivity index (χ4v) is 4.65. The van der Waals surface area contributed by atoms with Crippen LogP contribution in [-0.4, -0.2) is 52.5 Å². The third kappa shape index (κ3) is 7.17. The number of ether oxygens (including phenoxy) is 1. The first-order chi connectivity index (χ1) is 12.1. The van der Waals surface area contributed by atoms with Gasteiger partial charge in [0, 0.05) is 38.2 Å². The van der Waals surface area contributed by atoms with Crippen molar-refractivity contribution in [3.8, 4) is 0 Å². The number of carbonyl (C=O) groups excluding carboxylic acids is 3. The van der Waals surface area contributed by atoms with Gasteiger partial charge < -0.3 is 15.0 Å².